The number of hydrogen-bond acceptors (Lipinski definition) is 2. The average molecular weight is 460 g/mol. The lowest BCUT2D eigenvalue weighted by Crippen LogP contribution is -2.57. The lowest BCUT2D eigenvalue weighted by Gasteiger charge is -2.52. The topological polar surface area (TPSA) is 40.5 Å². The molecule has 0 aliphatic carbocycles. The van der Waals surface area contributed by atoms with Gasteiger partial charge < -0.3 is 10.0 Å². The van der Waals surface area contributed by atoms with E-state index in [1.807, 2.05) is 67.3 Å². The summed E-state index contributed by atoms with van der Waals surface area (Å²) in [5, 5.41) is 12.0. The SMILES string of the molecule is C=CC[C@@]1(C)CC(c2cccc(Cl)c2)[C@@H](c2ccc(Cl)cc2)N([C@@H](CC)[C@H](C)O)C1=O. The summed E-state index contributed by atoms with van der Waals surface area (Å²) in [4.78, 5) is 15.9. The maximum Gasteiger partial charge on any atom is 0.229 e. The number of carbonyl (C=O) groups excluding carboxylic acids is 1. The van der Waals surface area contributed by atoms with Gasteiger partial charge in [0, 0.05) is 16.0 Å². The predicted octanol–water partition coefficient (Wildman–Crippen LogP) is 6.79. The molecule has 5 heteroatoms. The molecule has 1 aliphatic heterocycles. The number of likely N-dealkylation sites (tertiary alicyclic amines) is 1. The fourth-order valence-corrected chi connectivity index (χ4v) is 5.35. The van der Waals surface area contributed by atoms with Crippen LogP contribution in [0.1, 0.15) is 63.1 Å². The van der Waals surface area contributed by atoms with Crippen molar-refractivity contribution in [2.45, 2.75) is 64.1 Å². The van der Waals surface area contributed by atoms with Crippen LogP contribution in [0, 0.1) is 5.41 Å². The molecule has 0 bridgehead atoms. The number of aliphatic hydroxyl groups excluding tert-OH is 1. The van der Waals surface area contributed by atoms with Crippen LogP contribution in [0.4, 0.5) is 0 Å². The lowest BCUT2D eigenvalue weighted by molar-refractivity contribution is -0.158. The van der Waals surface area contributed by atoms with Gasteiger partial charge in [-0.25, -0.2) is 0 Å². The fraction of sp³-hybridized carbons (Fsp3) is 0.423. The van der Waals surface area contributed by atoms with Crippen molar-refractivity contribution in [3.8, 4) is 0 Å². The van der Waals surface area contributed by atoms with Crippen LogP contribution in [0.3, 0.4) is 0 Å². The zero-order valence-corrected chi connectivity index (χ0v) is 19.9. The molecular weight excluding hydrogens is 429 g/mol. The summed E-state index contributed by atoms with van der Waals surface area (Å²) < 4.78 is 0. The summed E-state index contributed by atoms with van der Waals surface area (Å²) in [6.07, 6.45) is 3.05. The Morgan fingerprint density at radius 3 is 2.42 bits per heavy atom. The Kier molecular flexibility index (Phi) is 7.51. The van der Waals surface area contributed by atoms with E-state index in [1.165, 1.54) is 0 Å². The summed E-state index contributed by atoms with van der Waals surface area (Å²) in [6, 6.07) is 15.0. The molecule has 1 unspecified atom stereocenters. The van der Waals surface area contributed by atoms with Crippen LogP contribution in [0.2, 0.25) is 10.0 Å². The molecule has 3 nitrogen and oxygen atoms in total. The zero-order chi connectivity index (χ0) is 22.8. The highest BCUT2D eigenvalue weighted by Gasteiger charge is 2.51. The van der Waals surface area contributed by atoms with Crippen molar-refractivity contribution < 1.29 is 9.90 Å². The van der Waals surface area contributed by atoms with Crippen LogP contribution in [0.15, 0.2) is 61.2 Å². The smallest absolute Gasteiger partial charge is 0.229 e. The van der Waals surface area contributed by atoms with Crippen LogP contribution >= 0.6 is 23.2 Å². The number of hydrogen-bond donors (Lipinski definition) is 1. The van der Waals surface area contributed by atoms with E-state index in [0.717, 1.165) is 11.1 Å². The summed E-state index contributed by atoms with van der Waals surface area (Å²) >= 11 is 12.5. The van der Waals surface area contributed by atoms with E-state index >= 15 is 0 Å². The van der Waals surface area contributed by atoms with Gasteiger partial charge in [-0.05, 0) is 61.6 Å². The Labute approximate surface area is 195 Å². The van der Waals surface area contributed by atoms with Crippen LogP contribution in [-0.4, -0.2) is 28.1 Å². The van der Waals surface area contributed by atoms with Crippen molar-refractivity contribution >= 4 is 29.1 Å². The van der Waals surface area contributed by atoms with Crippen molar-refractivity contribution in [2.24, 2.45) is 5.41 Å². The molecule has 3 rings (SSSR count). The molecule has 2 aromatic carbocycles. The molecule has 2 aromatic rings. The Bertz CT molecular complexity index is 927. The Morgan fingerprint density at radius 2 is 1.87 bits per heavy atom. The number of allylic oxidation sites excluding steroid dienone is 1. The molecule has 0 saturated carbocycles. The predicted molar refractivity (Wildman–Crippen MR) is 129 cm³/mol. The molecular formula is C26H31Cl2NO2. The van der Waals surface area contributed by atoms with Crippen molar-refractivity contribution in [1.82, 2.24) is 4.90 Å². The number of halogens is 2. The second kappa shape index (κ2) is 9.77. The Morgan fingerprint density at radius 1 is 1.19 bits per heavy atom. The minimum Gasteiger partial charge on any atom is -0.391 e. The number of benzene rings is 2. The van der Waals surface area contributed by atoms with Gasteiger partial charge in [-0.15, -0.1) is 6.58 Å². The van der Waals surface area contributed by atoms with Gasteiger partial charge in [0.25, 0.3) is 0 Å². The second-order valence-electron chi connectivity index (χ2n) is 8.84. The zero-order valence-electron chi connectivity index (χ0n) is 18.4. The van der Waals surface area contributed by atoms with Crippen LogP contribution < -0.4 is 0 Å². The Hall–Kier alpha value is -1.81. The quantitative estimate of drug-likeness (QED) is 0.462. The molecule has 1 heterocycles. The molecule has 0 radical (unpaired) electrons. The van der Waals surface area contributed by atoms with Gasteiger partial charge >= 0.3 is 0 Å². The van der Waals surface area contributed by atoms with E-state index in [-0.39, 0.29) is 23.9 Å². The minimum absolute atomic E-state index is 0.00956. The van der Waals surface area contributed by atoms with Crippen molar-refractivity contribution in [2.75, 3.05) is 0 Å². The fourth-order valence-electron chi connectivity index (χ4n) is 5.02. The van der Waals surface area contributed by atoms with Crippen LogP contribution in [0.5, 0.6) is 0 Å². The standard InChI is InChI=1S/C26H31Cl2NO2/c1-5-14-26(4)16-22(19-8-7-9-21(28)15-19)24(18-10-12-20(27)13-11-18)29(25(26)31)23(6-2)17(3)30/h5,7-13,15,17,22-24,30H,1,6,14,16H2,2-4H3/t17-,22?,23-,24+,26-/m0/s1. The van der Waals surface area contributed by atoms with Gasteiger partial charge in [0.05, 0.1) is 23.6 Å². The largest absolute Gasteiger partial charge is 0.391 e. The normalized spacial score (nSPS) is 25.9. The molecule has 166 valence electrons. The van der Waals surface area contributed by atoms with E-state index in [4.69, 9.17) is 23.2 Å². The number of nitrogens with zero attached hydrogens (tertiary/aromatic N) is 1. The lowest BCUT2D eigenvalue weighted by atomic mass is 9.67. The average Bonchev–Trinajstić information content (AvgIpc) is 2.72. The van der Waals surface area contributed by atoms with Gasteiger partial charge in [-0.2, -0.15) is 0 Å². The van der Waals surface area contributed by atoms with E-state index in [1.54, 1.807) is 6.92 Å². The first-order chi connectivity index (χ1) is 14.7. The highest BCUT2D eigenvalue weighted by Crippen LogP contribution is 2.52. The molecule has 0 spiro atoms. The first-order valence-corrected chi connectivity index (χ1v) is 11.6. The molecule has 1 amide bonds. The van der Waals surface area contributed by atoms with Crippen LogP contribution in [0.25, 0.3) is 0 Å². The highest BCUT2D eigenvalue weighted by molar-refractivity contribution is 6.30. The number of rotatable bonds is 7. The minimum atomic E-state index is -0.658. The number of aliphatic hydroxyl groups is 1. The molecule has 31 heavy (non-hydrogen) atoms. The third-order valence-electron chi connectivity index (χ3n) is 6.52. The first-order valence-electron chi connectivity index (χ1n) is 10.8. The summed E-state index contributed by atoms with van der Waals surface area (Å²) in [5.74, 6) is 0.0636. The molecule has 0 aromatic heterocycles. The first kappa shape index (κ1) is 23.8. The van der Waals surface area contributed by atoms with Gasteiger partial charge in [0.1, 0.15) is 0 Å². The van der Waals surface area contributed by atoms with Crippen molar-refractivity contribution in [1.29, 1.82) is 0 Å². The van der Waals surface area contributed by atoms with Gasteiger partial charge in [-0.3, -0.25) is 4.79 Å². The van der Waals surface area contributed by atoms with Crippen molar-refractivity contribution in [3.63, 3.8) is 0 Å². The van der Waals surface area contributed by atoms with Gasteiger partial charge in [0.2, 0.25) is 5.91 Å². The van der Waals surface area contributed by atoms with Crippen molar-refractivity contribution in [3.05, 3.63) is 82.4 Å². The summed E-state index contributed by atoms with van der Waals surface area (Å²) in [6.45, 7) is 9.68. The molecule has 1 N–H and O–H groups in total. The second-order valence-corrected chi connectivity index (χ2v) is 9.72. The number of piperidine rings is 1. The third-order valence-corrected chi connectivity index (χ3v) is 7.00. The van der Waals surface area contributed by atoms with Gasteiger partial charge in [0.15, 0.2) is 0 Å². The maximum absolute atomic E-state index is 14.0. The van der Waals surface area contributed by atoms with E-state index in [0.29, 0.717) is 29.3 Å². The summed E-state index contributed by atoms with van der Waals surface area (Å²) in [7, 11) is 0. The summed E-state index contributed by atoms with van der Waals surface area (Å²) in [5.41, 5.74) is 1.48. The maximum atomic E-state index is 14.0. The van der Waals surface area contributed by atoms with Gasteiger partial charge in [-0.1, -0.05) is 67.4 Å². The third kappa shape index (κ3) is 4.84. The highest BCUT2D eigenvalue weighted by atomic mass is 35.5. The van der Waals surface area contributed by atoms with E-state index in [2.05, 4.69) is 12.6 Å². The van der Waals surface area contributed by atoms with E-state index < -0.39 is 11.5 Å². The van der Waals surface area contributed by atoms with E-state index in [9.17, 15) is 9.90 Å². The number of carbonyl (C=O) groups is 1. The monoisotopic (exact) mass is 459 g/mol. The molecule has 1 aliphatic rings. The Balaban J connectivity index is 2.24. The molecule has 1 fully saturated rings. The molecule has 5 atom stereocenters. The number of amides is 1. The molecule has 1 saturated heterocycles. The van der Waals surface area contributed by atoms with Crippen LogP contribution in [-0.2, 0) is 4.79 Å².